The van der Waals surface area contributed by atoms with Gasteiger partial charge in [-0.05, 0) is 80.9 Å². The van der Waals surface area contributed by atoms with E-state index in [1.165, 1.54) is 5.56 Å². The first kappa shape index (κ1) is 21.4. The van der Waals surface area contributed by atoms with Crippen LogP contribution >= 0.6 is 12.2 Å². The van der Waals surface area contributed by atoms with Gasteiger partial charge in [-0.25, -0.2) is 0 Å². The first-order valence-electron chi connectivity index (χ1n) is 10.3. The lowest BCUT2D eigenvalue weighted by Crippen LogP contribution is -2.39. The van der Waals surface area contributed by atoms with E-state index in [9.17, 15) is 0 Å². The maximum Gasteiger partial charge on any atom is 0.173 e. The minimum Gasteiger partial charge on any atom is -0.494 e. The molecule has 6 heteroatoms. The quantitative estimate of drug-likeness (QED) is 0.591. The van der Waals surface area contributed by atoms with Crippen LogP contribution in [0.2, 0.25) is 0 Å². The molecule has 1 heterocycles. The summed E-state index contributed by atoms with van der Waals surface area (Å²) in [7, 11) is 0. The van der Waals surface area contributed by atoms with Gasteiger partial charge in [0, 0.05) is 25.4 Å². The molecule has 5 nitrogen and oxygen atoms in total. The topological polar surface area (TPSA) is 43.0 Å². The zero-order valence-corrected chi connectivity index (χ0v) is 18.0. The highest BCUT2D eigenvalue weighted by Crippen LogP contribution is 2.20. The zero-order chi connectivity index (χ0) is 20.5. The molecule has 156 valence electrons. The maximum absolute atomic E-state index is 5.85. The van der Waals surface area contributed by atoms with Gasteiger partial charge < -0.3 is 24.4 Å². The van der Waals surface area contributed by atoms with E-state index in [-0.39, 0.29) is 6.10 Å². The van der Waals surface area contributed by atoms with Crippen molar-refractivity contribution in [3.8, 4) is 11.5 Å². The lowest BCUT2D eigenvalue weighted by molar-refractivity contribution is 0.0905. The lowest BCUT2D eigenvalue weighted by atomic mass is 10.2. The van der Waals surface area contributed by atoms with Crippen molar-refractivity contribution in [2.45, 2.75) is 39.3 Å². The second kappa shape index (κ2) is 11.0. The molecule has 3 rings (SSSR count). The van der Waals surface area contributed by atoms with Crippen molar-refractivity contribution in [3.63, 3.8) is 0 Å². The van der Waals surface area contributed by atoms with Crippen molar-refractivity contribution >= 4 is 23.0 Å². The molecule has 0 aliphatic carbocycles. The molecular formula is C23H30N2O3S. The van der Waals surface area contributed by atoms with E-state index < -0.39 is 0 Å². The van der Waals surface area contributed by atoms with Crippen LogP contribution in [0.25, 0.3) is 0 Å². The Bertz CT molecular complexity index is 759. The summed E-state index contributed by atoms with van der Waals surface area (Å²) < 4.78 is 16.9. The smallest absolute Gasteiger partial charge is 0.173 e. The molecule has 1 aliphatic heterocycles. The predicted octanol–water partition coefficient (Wildman–Crippen LogP) is 4.86. The van der Waals surface area contributed by atoms with Crippen LogP contribution in [0.1, 0.15) is 32.3 Å². The Morgan fingerprint density at radius 2 is 1.66 bits per heavy atom. The Balaban J connectivity index is 1.67. The summed E-state index contributed by atoms with van der Waals surface area (Å²) in [5.41, 5.74) is 2.13. The summed E-state index contributed by atoms with van der Waals surface area (Å²) in [6.07, 6.45) is 2.41. The number of nitrogens with zero attached hydrogens (tertiary/aromatic N) is 1. The van der Waals surface area contributed by atoms with Crippen molar-refractivity contribution in [3.05, 3.63) is 54.1 Å². The molecule has 0 aromatic heterocycles. The number of hydrogen-bond acceptors (Lipinski definition) is 4. The normalized spacial score (nSPS) is 15.7. The van der Waals surface area contributed by atoms with E-state index in [0.29, 0.717) is 18.3 Å². The molecule has 1 N–H and O–H groups in total. The highest BCUT2D eigenvalue weighted by Gasteiger charge is 2.21. The molecular weight excluding hydrogens is 384 g/mol. The summed E-state index contributed by atoms with van der Waals surface area (Å²) in [6.45, 7) is 7.61. The average molecular weight is 415 g/mol. The van der Waals surface area contributed by atoms with Crippen LogP contribution in [-0.2, 0) is 11.3 Å². The van der Waals surface area contributed by atoms with Crippen LogP contribution in [-0.4, -0.2) is 42.5 Å². The zero-order valence-electron chi connectivity index (χ0n) is 17.2. The fourth-order valence-corrected chi connectivity index (χ4v) is 3.59. The summed E-state index contributed by atoms with van der Waals surface area (Å²) in [4.78, 5) is 2.18. The molecule has 1 fully saturated rings. The van der Waals surface area contributed by atoms with Gasteiger partial charge in [0.25, 0.3) is 0 Å². The molecule has 0 saturated carbocycles. The number of hydrogen-bond donors (Lipinski definition) is 1. The van der Waals surface area contributed by atoms with Gasteiger partial charge in [-0.1, -0.05) is 12.1 Å². The van der Waals surface area contributed by atoms with E-state index in [0.717, 1.165) is 49.7 Å². The van der Waals surface area contributed by atoms with Crippen molar-refractivity contribution in [1.82, 2.24) is 4.90 Å². The monoisotopic (exact) mass is 414 g/mol. The Kier molecular flexibility index (Phi) is 8.14. The Morgan fingerprint density at radius 1 is 1.03 bits per heavy atom. The second-order valence-electron chi connectivity index (χ2n) is 6.98. The van der Waals surface area contributed by atoms with Crippen molar-refractivity contribution < 1.29 is 14.2 Å². The van der Waals surface area contributed by atoms with Gasteiger partial charge >= 0.3 is 0 Å². The molecule has 0 amide bonds. The molecule has 0 spiro atoms. The van der Waals surface area contributed by atoms with Gasteiger partial charge in [0.1, 0.15) is 11.5 Å². The number of thiocarbonyl (C=S) groups is 1. The van der Waals surface area contributed by atoms with Crippen LogP contribution in [0.3, 0.4) is 0 Å². The van der Waals surface area contributed by atoms with Crippen molar-refractivity contribution in [2.75, 3.05) is 31.7 Å². The van der Waals surface area contributed by atoms with Crippen LogP contribution in [0.15, 0.2) is 48.5 Å². The summed E-state index contributed by atoms with van der Waals surface area (Å²) in [5, 5.41) is 4.05. The first-order chi connectivity index (χ1) is 14.2. The van der Waals surface area contributed by atoms with Gasteiger partial charge in [0.05, 0.1) is 19.3 Å². The molecule has 0 radical (unpaired) electrons. The average Bonchev–Trinajstić information content (AvgIpc) is 3.24. The van der Waals surface area contributed by atoms with Gasteiger partial charge in [-0.2, -0.15) is 0 Å². The number of benzene rings is 2. The summed E-state index contributed by atoms with van der Waals surface area (Å²) in [5.74, 6) is 1.74. The van der Waals surface area contributed by atoms with Crippen LogP contribution in [0, 0.1) is 0 Å². The van der Waals surface area contributed by atoms with E-state index in [4.69, 9.17) is 26.4 Å². The fourth-order valence-electron chi connectivity index (χ4n) is 3.34. The number of rotatable bonds is 9. The van der Waals surface area contributed by atoms with E-state index in [2.05, 4.69) is 22.3 Å². The maximum atomic E-state index is 5.85. The second-order valence-corrected chi connectivity index (χ2v) is 7.37. The predicted molar refractivity (Wildman–Crippen MR) is 121 cm³/mol. The fraction of sp³-hybridized carbons (Fsp3) is 0.435. The van der Waals surface area contributed by atoms with Crippen molar-refractivity contribution in [2.24, 2.45) is 0 Å². The third kappa shape index (κ3) is 6.61. The SMILES string of the molecule is CCOc1ccc(CN(CC2CCCO2)C(=S)Nc2ccc(OCC)cc2)cc1. The number of ether oxygens (including phenoxy) is 3. The van der Waals surface area contributed by atoms with E-state index in [1.54, 1.807) is 0 Å². The van der Waals surface area contributed by atoms with Crippen LogP contribution < -0.4 is 14.8 Å². The third-order valence-corrected chi connectivity index (χ3v) is 5.12. The Morgan fingerprint density at radius 3 is 2.21 bits per heavy atom. The largest absolute Gasteiger partial charge is 0.494 e. The molecule has 1 unspecified atom stereocenters. The van der Waals surface area contributed by atoms with E-state index in [1.807, 2.05) is 50.2 Å². The van der Waals surface area contributed by atoms with Gasteiger partial charge in [-0.3, -0.25) is 0 Å². The van der Waals surface area contributed by atoms with Crippen molar-refractivity contribution in [1.29, 1.82) is 0 Å². The summed E-state index contributed by atoms with van der Waals surface area (Å²) >= 11 is 5.75. The minimum atomic E-state index is 0.220. The minimum absolute atomic E-state index is 0.220. The van der Waals surface area contributed by atoms with Gasteiger partial charge in [-0.15, -0.1) is 0 Å². The molecule has 29 heavy (non-hydrogen) atoms. The van der Waals surface area contributed by atoms with E-state index >= 15 is 0 Å². The molecule has 0 bridgehead atoms. The lowest BCUT2D eigenvalue weighted by Gasteiger charge is -2.28. The van der Waals surface area contributed by atoms with Crippen LogP contribution in [0.5, 0.6) is 11.5 Å². The van der Waals surface area contributed by atoms with Crippen LogP contribution in [0.4, 0.5) is 5.69 Å². The third-order valence-electron chi connectivity index (χ3n) is 4.76. The Labute approximate surface area is 179 Å². The van der Waals surface area contributed by atoms with Gasteiger partial charge in [0.15, 0.2) is 5.11 Å². The molecule has 2 aromatic carbocycles. The standard InChI is InChI=1S/C23H30N2O3S/c1-3-26-20-11-7-18(8-12-20)16-25(17-22-6-5-15-28-22)23(29)24-19-9-13-21(14-10-19)27-4-2/h7-14,22H,3-6,15-17H2,1-2H3,(H,24,29). The summed E-state index contributed by atoms with van der Waals surface area (Å²) in [6, 6.07) is 16.1. The molecule has 1 saturated heterocycles. The molecule has 2 aromatic rings. The first-order valence-corrected chi connectivity index (χ1v) is 10.7. The highest BCUT2D eigenvalue weighted by atomic mass is 32.1. The Hall–Kier alpha value is -2.31. The highest BCUT2D eigenvalue weighted by molar-refractivity contribution is 7.80. The van der Waals surface area contributed by atoms with Gasteiger partial charge in [0.2, 0.25) is 0 Å². The molecule has 1 aliphatic rings. The number of anilines is 1. The molecule has 1 atom stereocenters. The number of nitrogens with one attached hydrogen (secondary N) is 1.